The quantitative estimate of drug-likeness (QED) is 0.164. The minimum Gasteiger partial charge on any atom is -0.134 e. The molecule has 0 aliphatic rings. The molecule has 9 aromatic carbocycles. The lowest BCUT2D eigenvalue weighted by Crippen LogP contribution is -1.92. The van der Waals surface area contributed by atoms with Crippen LogP contribution in [0.2, 0.25) is 0 Å². The lowest BCUT2D eigenvalue weighted by molar-refractivity contribution is 1.64. The van der Waals surface area contributed by atoms with E-state index in [9.17, 15) is 0 Å². The Morgan fingerprint density at radius 3 is 1.36 bits per heavy atom. The Labute approximate surface area is 297 Å². The Morgan fingerprint density at radius 2 is 0.720 bits per heavy atom. The fraction of sp³-hybridized carbons (Fsp3) is 0. The third-order valence-corrected chi connectivity index (χ3v) is 12.9. The molecule has 50 heavy (non-hydrogen) atoms. The van der Waals surface area contributed by atoms with Gasteiger partial charge in [-0.15, -0.1) is 22.7 Å². The normalized spacial score (nSPS) is 12.0. The fourth-order valence-corrected chi connectivity index (χ4v) is 10.9. The Bertz CT molecular complexity index is 3080. The molecule has 0 amide bonds. The molecule has 0 atom stereocenters. The van der Waals surface area contributed by atoms with E-state index < -0.39 is 0 Å². The van der Waals surface area contributed by atoms with Crippen LogP contribution in [0.1, 0.15) is 0 Å². The smallest absolute Gasteiger partial charge is 0.0449 e. The summed E-state index contributed by atoms with van der Waals surface area (Å²) >= 11 is 3.86. The molecule has 2 heterocycles. The van der Waals surface area contributed by atoms with Gasteiger partial charge in [-0.25, -0.2) is 0 Å². The predicted molar refractivity (Wildman–Crippen MR) is 221 cm³/mol. The maximum atomic E-state index is 2.50. The highest BCUT2D eigenvalue weighted by Gasteiger charge is 2.23. The summed E-state index contributed by atoms with van der Waals surface area (Å²) in [6, 6.07) is 62.9. The van der Waals surface area contributed by atoms with Crippen molar-refractivity contribution in [1.29, 1.82) is 0 Å². The summed E-state index contributed by atoms with van der Waals surface area (Å²) < 4.78 is 5.43. The zero-order chi connectivity index (χ0) is 32.8. The molecule has 0 aliphatic heterocycles. The second-order valence-corrected chi connectivity index (χ2v) is 15.2. The molecular formula is C48H28S2. The van der Waals surface area contributed by atoms with E-state index in [2.05, 4.69) is 170 Å². The number of fused-ring (bicyclic) bond motifs is 10. The van der Waals surface area contributed by atoms with Crippen LogP contribution in [0.3, 0.4) is 0 Å². The summed E-state index contributed by atoms with van der Waals surface area (Å²) in [6.07, 6.45) is 0. The second kappa shape index (κ2) is 10.9. The van der Waals surface area contributed by atoms with Gasteiger partial charge in [-0.05, 0) is 78.3 Å². The first kappa shape index (κ1) is 28.1. The molecule has 0 radical (unpaired) electrons. The van der Waals surface area contributed by atoms with Crippen LogP contribution in [-0.2, 0) is 0 Å². The molecule has 2 heteroatoms. The monoisotopic (exact) mass is 668 g/mol. The van der Waals surface area contributed by atoms with Crippen LogP contribution in [0.4, 0.5) is 0 Å². The molecule has 0 nitrogen and oxygen atoms in total. The lowest BCUT2D eigenvalue weighted by Gasteiger charge is -2.20. The largest absolute Gasteiger partial charge is 0.134 e. The van der Waals surface area contributed by atoms with Crippen LogP contribution in [0.5, 0.6) is 0 Å². The first-order valence-electron chi connectivity index (χ1n) is 17.1. The van der Waals surface area contributed by atoms with Gasteiger partial charge in [0.05, 0.1) is 0 Å². The number of rotatable bonds is 3. The van der Waals surface area contributed by atoms with Crippen molar-refractivity contribution in [3.63, 3.8) is 0 Å². The van der Waals surface area contributed by atoms with Crippen molar-refractivity contribution < 1.29 is 0 Å². The van der Waals surface area contributed by atoms with E-state index in [1.165, 1.54) is 106 Å². The van der Waals surface area contributed by atoms with E-state index in [0.29, 0.717) is 0 Å². The minimum absolute atomic E-state index is 1.24. The van der Waals surface area contributed by atoms with Crippen LogP contribution in [0.15, 0.2) is 170 Å². The molecule has 232 valence electrons. The number of benzene rings is 9. The van der Waals surface area contributed by atoms with Gasteiger partial charge in [0.15, 0.2) is 0 Å². The average molecular weight is 669 g/mol. The van der Waals surface area contributed by atoms with Gasteiger partial charge >= 0.3 is 0 Å². The van der Waals surface area contributed by atoms with Crippen LogP contribution in [-0.4, -0.2) is 0 Å². The number of hydrogen-bond acceptors (Lipinski definition) is 2. The van der Waals surface area contributed by atoms with Gasteiger partial charge < -0.3 is 0 Å². The van der Waals surface area contributed by atoms with E-state index in [0.717, 1.165) is 0 Å². The molecule has 11 aromatic rings. The molecule has 0 bridgehead atoms. The van der Waals surface area contributed by atoms with Gasteiger partial charge in [0.1, 0.15) is 0 Å². The van der Waals surface area contributed by atoms with Crippen molar-refractivity contribution in [2.45, 2.75) is 0 Å². The maximum Gasteiger partial charge on any atom is 0.0449 e. The van der Waals surface area contributed by atoms with Crippen molar-refractivity contribution in [3.05, 3.63) is 170 Å². The zero-order valence-corrected chi connectivity index (χ0v) is 28.6. The first-order chi connectivity index (χ1) is 24.8. The average Bonchev–Trinajstić information content (AvgIpc) is 3.76. The third kappa shape index (κ3) is 3.98. The van der Waals surface area contributed by atoms with Crippen molar-refractivity contribution in [2.75, 3.05) is 0 Å². The topological polar surface area (TPSA) is 0 Å². The van der Waals surface area contributed by atoms with E-state index in [1.54, 1.807) is 0 Å². The Hall–Kier alpha value is -5.80. The van der Waals surface area contributed by atoms with E-state index in [-0.39, 0.29) is 0 Å². The summed E-state index contributed by atoms with van der Waals surface area (Å²) in [7, 11) is 0. The van der Waals surface area contributed by atoms with Crippen molar-refractivity contribution in [1.82, 2.24) is 0 Å². The molecule has 0 fully saturated rings. The zero-order valence-electron chi connectivity index (χ0n) is 27.0. The summed E-state index contributed by atoms with van der Waals surface area (Å²) in [5.41, 5.74) is 7.71. The standard InChI is InChI=1S/C48H28S2/c1-2-14-29(15-3-1)30-26-27-38(32-17-5-4-16-31(30)32)44-34-19-6-8-21-36(34)45(37-22-9-7-20-35(37)44)41-28-40-33-18-10-12-24-42(33)49-47(40)46-39-23-11-13-25-43(39)50-48(41)46/h1-28H. The van der Waals surface area contributed by atoms with Crippen LogP contribution in [0, 0.1) is 0 Å². The van der Waals surface area contributed by atoms with Crippen molar-refractivity contribution in [2.24, 2.45) is 0 Å². The second-order valence-electron chi connectivity index (χ2n) is 13.1. The number of thiophene rings is 2. The highest BCUT2D eigenvalue weighted by Crippen LogP contribution is 2.52. The van der Waals surface area contributed by atoms with Gasteiger partial charge in [0.25, 0.3) is 0 Å². The van der Waals surface area contributed by atoms with Crippen LogP contribution in [0.25, 0.3) is 106 Å². The van der Waals surface area contributed by atoms with Crippen LogP contribution < -0.4 is 0 Å². The summed E-state index contributed by atoms with van der Waals surface area (Å²) in [5, 5.41) is 13.1. The van der Waals surface area contributed by atoms with Gasteiger partial charge in [0, 0.05) is 45.9 Å². The first-order valence-corrected chi connectivity index (χ1v) is 18.7. The van der Waals surface area contributed by atoms with Crippen LogP contribution >= 0.6 is 22.7 Å². The van der Waals surface area contributed by atoms with Gasteiger partial charge in [-0.1, -0.05) is 152 Å². The van der Waals surface area contributed by atoms with Crippen molar-refractivity contribution >= 4 is 95.3 Å². The molecule has 0 saturated heterocycles. The van der Waals surface area contributed by atoms with Gasteiger partial charge in [0.2, 0.25) is 0 Å². The van der Waals surface area contributed by atoms with E-state index >= 15 is 0 Å². The number of hydrogen-bond donors (Lipinski definition) is 0. The maximum absolute atomic E-state index is 2.50. The highest BCUT2D eigenvalue weighted by molar-refractivity contribution is 7.30. The SMILES string of the molecule is c1ccc(-c2ccc(-c3c4ccccc4c(-c4cc5c6ccccc6sc5c5c4sc4ccccc45)c4ccccc34)c3ccccc23)cc1. The fourth-order valence-electron chi connectivity index (χ4n) is 8.35. The summed E-state index contributed by atoms with van der Waals surface area (Å²) in [5.74, 6) is 0. The Kier molecular flexibility index (Phi) is 6.09. The highest BCUT2D eigenvalue weighted by atomic mass is 32.1. The molecule has 2 aromatic heterocycles. The van der Waals surface area contributed by atoms with E-state index in [1.807, 2.05) is 22.7 Å². The van der Waals surface area contributed by atoms with Gasteiger partial charge in [-0.2, -0.15) is 0 Å². The molecular weight excluding hydrogens is 641 g/mol. The van der Waals surface area contributed by atoms with Crippen molar-refractivity contribution in [3.8, 4) is 33.4 Å². The molecule has 0 spiro atoms. The van der Waals surface area contributed by atoms with E-state index in [4.69, 9.17) is 0 Å². The molecule has 0 aliphatic carbocycles. The Morgan fingerprint density at radius 1 is 0.280 bits per heavy atom. The third-order valence-electron chi connectivity index (χ3n) is 10.5. The summed E-state index contributed by atoms with van der Waals surface area (Å²) in [4.78, 5) is 0. The molecule has 0 unspecified atom stereocenters. The minimum atomic E-state index is 1.24. The van der Waals surface area contributed by atoms with Gasteiger partial charge in [-0.3, -0.25) is 0 Å². The molecule has 0 N–H and O–H groups in total. The molecule has 0 saturated carbocycles. The molecule has 11 rings (SSSR count). The Balaban J connectivity index is 1.30. The predicted octanol–water partition coefficient (Wildman–Crippen LogP) is 14.9. The summed E-state index contributed by atoms with van der Waals surface area (Å²) in [6.45, 7) is 0. The lowest BCUT2D eigenvalue weighted by atomic mass is 9.83.